The first-order valence-electron chi connectivity index (χ1n) is 5.01. The van der Waals surface area contributed by atoms with E-state index in [4.69, 9.17) is 0 Å². The van der Waals surface area contributed by atoms with Gasteiger partial charge in [0.1, 0.15) is 5.56 Å². The van der Waals surface area contributed by atoms with Gasteiger partial charge in [0.05, 0.1) is 0 Å². The number of hydrogen-bond acceptors (Lipinski definition) is 3. The lowest BCUT2D eigenvalue weighted by Crippen LogP contribution is -2.27. The van der Waals surface area contributed by atoms with Crippen molar-refractivity contribution in [3.8, 4) is 0 Å². The first kappa shape index (κ1) is 11.1. The predicted octanol–water partition coefficient (Wildman–Crippen LogP) is 0.603. The molecule has 1 aromatic carbocycles. The maximum Gasteiger partial charge on any atom is 0.325 e. The van der Waals surface area contributed by atoms with Crippen molar-refractivity contribution in [1.29, 1.82) is 0 Å². The van der Waals surface area contributed by atoms with Crippen LogP contribution in [0.15, 0.2) is 40.1 Å². The first-order chi connectivity index (χ1) is 8.08. The number of hydrogen-bond donors (Lipinski definition) is 2. The monoisotopic (exact) mass is 230 g/mol. The zero-order valence-electron chi connectivity index (χ0n) is 9.11. The number of H-pyrrole nitrogens is 2. The zero-order valence-corrected chi connectivity index (χ0v) is 9.11. The normalized spacial score (nSPS) is 10.2. The minimum absolute atomic E-state index is 0.0755. The SMILES string of the molecule is Cc1ccc(C(=O)c2c[nH]c(=O)[nH]c2=O)cc1. The molecule has 0 unspecified atom stereocenters. The smallest absolute Gasteiger partial charge is 0.313 e. The molecule has 0 amide bonds. The summed E-state index contributed by atoms with van der Waals surface area (Å²) < 4.78 is 0. The van der Waals surface area contributed by atoms with Gasteiger partial charge in [-0.05, 0) is 6.92 Å². The van der Waals surface area contributed by atoms with E-state index < -0.39 is 17.0 Å². The number of carbonyl (C=O) groups excluding carboxylic acids is 1. The van der Waals surface area contributed by atoms with E-state index in [2.05, 4.69) is 4.98 Å². The number of benzene rings is 1. The van der Waals surface area contributed by atoms with Crippen LogP contribution in [-0.4, -0.2) is 15.8 Å². The van der Waals surface area contributed by atoms with Gasteiger partial charge >= 0.3 is 5.69 Å². The number of carbonyl (C=O) groups is 1. The minimum atomic E-state index is -0.681. The third-order valence-corrected chi connectivity index (χ3v) is 2.38. The first-order valence-corrected chi connectivity index (χ1v) is 5.01. The molecule has 1 heterocycles. The molecule has 5 heteroatoms. The Hall–Kier alpha value is -2.43. The summed E-state index contributed by atoms with van der Waals surface area (Å²) in [4.78, 5) is 38.5. The maximum atomic E-state index is 11.9. The van der Waals surface area contributed by atoms with Crippen molar-refractivity contribution in [3.05, 3.63) is 68.0 Å². The van der Waals surface area contributed by atoms with Crippen LogP contribution >= 0.6 is 0 Å². The van der Waals surface area contributed by atoms with Crippen LogP contribution in [0.1, 0.15) is 21.5 Å². The molecule has 0 saturated heterocycles. The van der Waals surface area contributed by atoms with Gasteiger partial charge in [-0.15, -0.1) is 0 Å². The van der Waals surface area contributed by atoms with Crippen LogP contribution in [0, 0.1) is 6.92 Å². The van der Waals surface area contributed by atoms with Crippen LogP contribution < -0.4 is 11.2 Å². The maximum absolute atomic E-state index is 11.9. The standard InChI is InChI=1S/C12H10N2O3/c1-7-2-4-8(5-3-7)10(15)9-6-13-12(17)14-11(9)16/h2-6H,1H3,(H2,13,14,16,17). The molecular formula is C12H10N2O3. The van der Waals surface area contributed by atoms with Gasteiger partial charge in [0.2, 0.25) is 0 Å². The summed E-state index contributed by atoms with van der Waals surface area (Å²) in [5, 5.41) is 0. The van der Waals surface area contributed by atoms with E-state index in [0.29, 0.717) is 5.56 Å². The molecule has 2 N–H and O–H groups in total. The van der Waals surface area contributed by atoms with Crippen LogP contribution in [0.4, 0.5) is 0 Å². The molecule has 0 aliphatic rings. The van der Waals surface area contributed by atoms with Crippen molar-refractivity contribution in [3.63, 3.8) is 0 Å². The van der Waals surface area contributed by atoms with Gasteiger partial charge in [0.25, 0.3) is 5.56 Å². The van der Waals surface area contributed by atoms with Crippen molar-refractivity contribution in [1.82, 2.24) is 9.97 Å². The van der Waals surface area contributed by atoms with Gasteiger partial charge in [0.15, 0.2) is 5.78 Å². The Bertz CT molecular complexity index is 665. The third kappa shape index (κ3) is 2.23. The summed E-state index contributed by atoms with van der Waals surface area (Å²) >= 11 is 0. The topological polar surface area (TPSA) is 82.8 Å². The average molecular weight is 230 g/mol. The lowest BCUT2D eigenvalue weighted by atomic mass is 10.0. The number of rotatable bonds is 2. The highest BCUT2D eigenvalue weighted by Gasteiger charge is 2.12. The number of aromatic nitrogens is 2. The van der Waals surface area contributed by atoms with Crippen LogP contribution in [0.25, 0.3) is 0 Å². The molecule has 86 valence electrons. The molecule has 0 aliphatic heterocycles. The molecule has 0 spiro atoms. The van der Waals surface area contributed by atoms with E-state index in [9.17, 15) is 14.4 Å². The zero-order chi connectivity index (χ0) is 12.4. The van der Waals surface area contributed by atoms with Gasteiger partial charge in [0, 0.05) is 11.8 Å². The molecule has 2 rings (SSSR count). The third-order valence-electron chi connectivity index (χ3n) is 2.38. The molecule has 5 nitrogen and oxygen atoms in total. The van der Waals surface area contributed by atoms with E-state index >= 15 is 0 Å². The number of aromatic amines is 2. The predicted molar refractivity (Wildman–Crippen MR) is 62.3 cm³/mol. The Balaban J connectivity index is 2.47. The summed E-state index contributed by atoms with van der Waals surface area (Å²) in [6.45, 7) is 1.90. The Labute approximate surface area is 96.1 Å². The Morgan fingerprint density at radius 3 is 2.35 bits per heavy atom. The van der Waals surface area contributed by atoms with Crippen molar-refractivity contribution >= 4 is 5.78 Å². The average Bonchev–Trinajstić information content (AvgIpc) is 2.29. The largest absolute Gasteiger partial charge is 0.325 e. The lowest BCUT2D eigenvalue weighted by Gasteiger charge is -2.00. The van der Waals surface area contributed by atoms with Crippen molar-refractivity contribution in [2.75, 3.05) is 0 Å². The molecule has 0 bridgehead atoms. The molecule has 17 heavy (non-hydrogen) atoms. The summed E-state index contributed by atoms with van der Waals surface area (Å²) in [5.41, 5.74) is 0.0494. The van der Waals surface area contributed by atoms with Crippen LogP contribution in [-0.2, 0) is 0 Å². The van der Waals surface area contributed by atoms with E-state index in [1.807, 2.05) is 11.9 Å². The highest BCUT2D eigenvalue weighted by Crippen LogP contribution is 2.06. The fourth-order valence-electron chi connectivity index (χ4n) is 1.44. The fraction of sp³-hybridized carbons (Fsp3) is 0.0833. The van der Waals surface area contributed by atoms with Gasteiger partial charge in [-0.25, -0.2) is 4.79 Å². The molecule has 0 aliphatic carbocycles. The second-order valence-electron chi connectivity index (χ2n) is 3.68. The fourth-order valence-corrected chi connectivity index (χ4v) is 1.44. The van der Waals surface area contributed by atoms with Gasteiger partial charge < -0.3 is 4.98 Å². The second kappa shape index (κ2) is 4.21. The van der Waals surface area contributed by atoms with Gasteiger partial charge in [-0.3, -0.25) is 14.6 Å². The molecular weight excluding hydrogens is 220 g/mol. The quantitative estimate of drug-likeness (QED) is 0.741. The van der Waals surface area contributed by atoms with E-state index in [-0.39, 0.29) is 5.56 Å². The highest BCUT2D eigenvalue weighted by atomic mass is 16.2. The van der Waals surface area contributed by atoms with E-state index in [1.165, 1.54) is 0 Å². The van der Waals surface area contributed by atoms with E-state index in [0.717, 1.165) is 11.8 Å². The Morgan fingerprint density at radius 2 is 1.76 bits per heavy atom. The second-order valence-corrected chi connectivity index (χ2v) is 3.68. The molecule has 0 saturated carbocycles. The molecule has 1 aromatic heterocycles. The molecule has 0 atom stereocenters. The van der Waals surface area contributed by atoms with Crippen LogP contribution in [0.2, 0.25) is 0 Å². The molecule has 2 aromatic rings. The molecule has 0 radical (unpaired) electrons. The van der Waals surface area contributed by atoms with E-state index in [1.54, 1.807) is 24.3 Å². The van der Waals surface area contributed by atoms with Gasteiger partial charge in [-0.1, -0.05) is 29.8 Å². The Kier molecular flexibility index (Phi) is 2.74. The van der Waals surface area contributed by atoms with Crippen molar-refractivity contribution in [2.24, 2.45) is 0 Å². The minimum Gasteiger partial charge on any atom is -0.313 e. The van der Waals surface area contributed by atoms with Crippen LogP contribution in [0.3, 0.4) is 0 Å². The number of ketones is 1. The number of nitrogens with one attached hydrogen (secondary N) is 2. The van der Waals surface area contributed by atoms with Crippen molar-refractivity contribution < 1.29 is 4.79 Å². The summed E-state index contributed by atoms with van der Waals surface area (Å²) in [6.07, 6.45) is 1.13. The van der Waals surface area contributed by atoms with Crippen molar-refractivity contribution in [2.45, 2.75) is 6.92 Å². The summed E-state index contributed by atoms with van der Waals surface area (Å²) in [5.74, 6) is -0.414. The molecule has 0 fully saturated rings. The number of aryl methyl sites for hydroxylation is 1. The van der Waals surface area contributed by atoms with Gasteiger partial charge in [-0.2, -0.15) is 0 Å². The Morgan fingerprint density at radius 1 is 1.12 bits per heavy atom. The lowest BCUT2D eigenvalue weighted by molar-refractivity contribution is 0.103. The summed E-state index contributed by atoms with van der Waals surface area (Å²) in [7, 11) is 0. The van der Waals surface area contributed by atoms with Crippen LogP contribution in [0.5, 0.6) is 0 Å². The highest BCUT2D eigenvalue weighted by molar-refractivity contribution is 6.08. The summed E-state index contributed by atoms with van der Waals surface area (Å²) in [6, 6.07) is 6.85.